The molecule has 0 radical (unpaired) electrons. The van der Waals surface area contributed by atoms with Crippen LogP contribution in [0.1, 0.15) is 18.4 Å². The van der Waals surface area contributed by atoms with E-state index in [1.54, 1.807) is 24.3 Å². The number of primary amides is 1. The summed E-state index contributed by atoms with van der Waals surface area (Å²) in [7, 11) is -3.58. The predicted molar refractivity (Wildman–Crippen MR) is 80.9 cm³/mol. The highest BCUT2D eigenvalue weighted by Gasteiger charge is 2.32. The summed E-state index contributed by atoms with van der Waals surface area (Å²) >= 11 is 0. The second kappa shape index (κ2) is 7.02. The molecule has 7 heteroatoms. The maximum Gasteiger partial charge on any atom is 0.232 e. The quantitative estimate of drug-likeness (QED) is 0.777. The van der Waals surface area contributed by atoms with Crippen LogP contribution in [-0.4, -0.2) is 44.3 Å². The lowest BCUT2D eigenvalue weighted by Gasteiger charge is -2.33. The first-order valence-electron chi connectivity index (χ1n) is 7.01. The fraction of sp³-hybridized carbons (Fsp3) is 0.500. The third-order valence-electron chi connectivity index (χ3n) is 3.54. The van der Waals surface area contributed by atoms with Crippen LogP contribution in [0.3, 0.4) is 0 Å². The number of nitrogens with zero attached hydrogens (tertiary/aromatic N) is 1. The standard InChI is InChI=1S/C14H21N3O3S/c15-14(18)10-17(13-7-4-8-16-9-13)21(19,20)11-12-5-2-1-3-6-12/h1-3,5-6,13,16H,4,7-11H2,(H2,15,18). The molecule has 1 fully saturated rings. The van der Waals surface area contributed by atoms with Crippen molar-refractivity contribution in [1.82, 2.24) is 9.62 Å². The van der Waals surface area contributed by atoms with E-state index in [1.807, 2.05) is 6.07 Å². The first-order chi connectivity index (χ1) is 9.99. The largest absolute Gasteiger partial charge is 0.369 e. The Morgan fingerprint density at radius 2 is 2.05 bits per heavy atom. The van der Waals surface area contributed by atoms with E-state index in [2.05, 4.69) is 5.32 Å². The van der Waals surface area contributed by atoms with Crippen molar-refractivity contribution in [3.63, 3.8) is 0 Å². The van der Waals surface area contributed by atoms with Gasteiger partial charge in [0, 0.05) is 12.6 Å². The minimum Gasteiger partial charge on any atom is -0.369 e. The number of sulfonamides is 1. The van der Waals surface area contributed by atoms with Gasteiger partial charge in [-0.05, 0) is 24.9 Å². The van der Waals surface area contributed by atoms with E-state index >= 15 is 0 Å². The number of nitrogens with two attached hydrogens (primary N) is 1. The normalized spacial score (nSPS) is 19.6. The SMILES string of the molecule is NC(=O)CN(C1CCCNC1)S(=O)(=O)Cc1ccccc1. The number of hydrogen-bond acceptors (Lipinski definition) is 4. The molecule has 0 bridgehead atoms. The van der Waals surface area contributed by atoms with Crippen molar-refractivity contribution in [3.05, 3.63) is 35.9 Å². The van der Waals surface area contributed by atoms with E-state index in [9.17, 15) is 13.2 Å². The van der Waals surface area contributed by atoms with Gasteiger partial charge in [0.2, 0.25) is 15.9 Å². The van der Waals surface area contributed by atoms with Crippen LogP contribution in [0.4, 0.5) is 0 Å². The summed E-state index contributed by atoms with van der Waals surface area (Å²) < 4.78 is 26.5. The Labute approximate surface area is 125 Å². The number of carbonyl (C=O) groups is 1. The molecule has 1 saturated heterocycles. The Kier molecular flexibility index (Phi) is 5.33. The van der Waals surface area contributed by atoms with Crippen molar-refractivity contribution in [2.45, 2.75) is 24.6 Å². The monoisotopic (exact) mass is 311 g/mol. The maximum atomic E-state index is 12.6. The molecular weight excluding hydrogens is 290 g/mol. The van der Waals surface area contributed by atoms with Crippen LogP contribution in [-0.2, 0) is 20.6 Å². The van der Waals surface area contributed by atoms with Crippen LogP contribution in [0.15, 0.2) is 30.3 Å². The lowest BCUT2D eigenvalue weighted by molar-refractivity contribution is -0.118. The third kappa shape index (κ3) is 4.52. The van der Waals surface area contributed by atoms with Crippen LogP contribution < -0.4 is 11.1 Å². The molecule has 0 aliphatic carbocycles. The van der Waals surface area contributed by atoms with E-state index in [0.717, 1.165) is 19.4 Å². The summed E-state index contributed by atoms with van der Waals surface area (Å²) in [6, 6.07) is 8.75. The number of carbonyl (C=O) groups excluding carboxylic acids is 1. The zero-order valence-corrected chi connectivity index (χ0v) is 12.7. The van der Waals surface area contributed by atoms with Gasteiger partial charge in [-0.3, -0.25) is 4.79 Å². The summed E-state index contributed by atoms with van der Waals surface area (Å²) in [5.74, 6) is -0.741. The second-order valence-corrected chi connectivity index (χ2v) is 7.18. The maximum absolute atomic E-state index is 12.6. The molecule has 2 rings (SSSR count). The first-order valence-corrected chi connectivity index (χ1v) is 8.62. The zero-order chi connectivity index (χ0) is 15.3. The van der Waals surface area contributed by atoms with E-state index in [1.165, 1.54) is 4.31 Å². The Bertz CT molecular complexity index is 568. The van der Waals surface area contributed by atoms with Crippen LogP contribution in [0.5, 0.6) is 0 Å². The summed E-state index contributed by atoms with van der Waals surface area (Å²) in [6.07, 6.45) is 1.63. The number of piperidine rings is 1. The number of nitrogens with one attached hydrogen (secondary N) is 1. The van der Waals surface area contributed by atoms with Crippen LogP contribution >= 0.6 is 0 Å². The van der Waals surface area contributed by atoms with Crippen molar-refractivity contribution in [2.24, 2.45) is 5.73 Å². The average Bonchev–Trinajstić information content (AvgIpc) is 2.46. The highest BCUT2D eigenvalue weighted by Crippen LogP contribution is 2.18. The van der Waals surface area contributed by atoms with Crippen LogP contribution in [0.25, 0.3) is 0 Å². The van der Waals surface area contributed by atoms with Gasteiger partial charge < -0.3 is 11.1 Å². The summed E-state index contributed by atoms with van der Waals surface area (Å²) in [5, 5.41) is 3.17. The minimum atomic E-state index is -3.58. The molecule has 0 saturated carbocycles. The molecule has 1 unspecified atom stereocenters. The van der Waals surface area contributed by atoms with Crippen LogP contribution in [0, 0.1) is 0 Å². The first kappa shape index (κ1) is 15.9. The molecule has 1 atom stereocenters. The molecule has 0 spiro atoms. The molecule has 21 heavy (non-hydrogen) atoms. The Morgan fingerprint density at radius 1 is 1.33 bits per heavy atom. The van der Waals surface area contributed by atoms with E-state index in [0.29, 0.717) is 12.1 Å². The molecule has 1 aromatic rings. The molecule has 116 valence electrons. The van der Waals surface area contributed by atoms with E-state index in [-0.39, 0.29) is 18.3 Å². The Balaban J connectivity index is 2.19. The molecule has 1 aromatic carbocycles. The van der Waals surface area contributed by atoms with Crippen molar-refractivity contribution in [3.8, 4) is 0 Å². The molecule has 0 aromatic heterocycles. The molecule has 3 N–H and O–H groups in total. The predicted octanol–water partition coefficient (Wildman–Crippen LogP) is 0.0557. The molecule has 6 nitrogen and oxygen atoms in total. The number of amides is 1. The molecule has 1 heterocycles. The second-order valence-electron chi connectivity index (χ2n) is 5.25. The average molecular weight is 311 g/mol. The minimum absolute atomic E-state index is 0.113. The Morgan fingerprint density at radius 3 is 2.62 bits per heavy atom. The van der Waals surface area contributed by atoms with Gasteiger partial charge in [-0.1, -0.05) is 30.3 Å². The number of benzene rings is 1. The van der Waals surface area contributed by atoms with Gasteiger partial charge in [-0.2, -0.15) is 4.31 Å². The lowest BCUT2D eigenvalue weighted by Crippen LogP contribution is -2.51. The van der Waals surface area contributed by atoms with Crippen molar-refractivity contribution < 1.29 is 13.2 Å². The van der Waals surface area contributed by atoms with Crippen molar-refractivity contribution in [2.75, 3.05) is 19.6 Å². The van der Waals surface area contributed by atoms with Gasteiger partial charge in [-0.15, -0.1) is 0 Å². The van der Waals surface area contributed by atoms with Gasteiger partial charge in [-0.25, -0.2) is 8.42 Å². The molecule has 1 amide bonds. The van der Waals surface area contributed by atoms with Gasteiger partial charge in [0.25, 0.3) is 0 Å². The highest BCUT2D eigenvalue weighted by atomic mass is 32.2. The molecule has 1 aliphatic heterocycles. The van der Waals surface area contributed by atoms with Gasteiger partial charge in [0.05, 0.1) is 12.3 Å². The lowest BCUT2D eigenvalue weighted by atomic mass is 10.1. The Hall–Kier alpha value is -1.44. The number of hydrogen-bond donors (Lipinski definition) is 2. The van der Waals surface area contributed by atoms with Gasteiger partial charge in [0.1, 0.15) is 0 Å². The molecular formula is C14H21N3O3S. The van der Waals surface area contributed by atoms with Crippen molar-refractivity contribution >= 4 is 15.9 Å². The number of rotatable bonds is 6. The fourth-order valence-corrected chi connectivity index (χ4v) is 4.29. The summed E-state index contributed by atoms with van der Waals surface area (Å²) in [4.78, 5) is 11.2. The van der Waals surface area contributed by atoms with E-state index < -0.39 is 15.9 Å². The summed E-state index contributed by atoms with van der Waals surface area (Å²) in [6.45, 7) is 1.17. The highest BCUT2D eigenvalue weighted by molar-refractivity contribution is 7.88. The van der Waals surface area contributed by atoms with Crippen molar-refractivity contribution in [1.29, 1.82) is 0 Å². The van der Waals surface area contributed by atoms with Gasteiger partial charge >= 0.3 is 0 Å². The van der Waals surface area contributed by atoms with Crippen LogP contribution in [0.2, 0.25) is 0 Å². The fourth-order valence-electron chi connectivity index (χ4n) is 2.56. The third-order valence-corrected chi connectivity index (χ3v) is 5.38. The van der Waals surface area contributed by atoms with Gasteiger partial charge in [0.15, 0.2) is 0 Å². The summed E-state index contributed by atoms with van der Waals surface area (Å²) in [5.41, 5.74) is 5.93. The molecule has 1 aliphatic rings. The topological polar surface area (TPSA) is 92.5 Å². The van der Waals surface area contributed by atoms with E-state index in [4.69, 9.17) is 5.73 Å². The smallest absolute Gasteiger partial charge is 0.232 e. The zero-order valence-electron chi connectivity index (χ0n) is 11.9.